The van der Waals surface area contributed by atoms with Crippen molar-refractivity contribution >= 4 is 22.7 Å². The third kappa shape index (κ3) is 4.41. The van der Waals surface area contributed by atoms with Gasteiger partial charge >= 0.3 is 0 Å². The van der Waals surface area contributed by atoms with E-state index < -0.39 is 6.10 Å². The lowest BCUT2D eigenvalue weighted by atomic mass is 10.2. The van der Waals surface area contributed by atoms with Gasteiger partial charge in [-0.15, -0.1) is 0 Å². The van der Waals surface area contributed by atoms with Crippen molar-refractivity contribution in [1.29, 1.82) is 0 Å². The van der Waals surface area contributed by atoms with E-state index in [2.05, 4.69) is 10.6 Å². The van der Waals surface area contributed by atoms with Crippen LogP contribution >= 0.6 is 0 Å². The van der Waals surface area contributed by atoms with Crippen molar-refractivity contribution in [2.24, 2.45) is 0 Å². The fourth-order valence-corrected chi connectivity index (χ4v) is 2.60. The van der Waals surface area contributed by atoms with Crippen LogP contribution in [0.15, 0.2) is 36.4 Å². The Balaban J connectivity index is 0.000000151. The van der Waals surface area contributed by atoms with Crippen LogP contribution in [0.5, 0.6) is 11.5 Å². The van der Waals surface area contributed by atoms with Gasteiger partial charge in [-0.05, 0) is 24.3 Å². The highest BCUT2D eigenvalue weighted by atomic mass is 16.5. The van der Waals surface area contributed by atoms with Crippen LogP contribution in [0.25, 0.3) is 0 Å². The summed E-state index contributed by atoms with van der Waals surface area (Å²) < 4.78 is 10.8. The fraction of sp³-hybridized carbons (Fsp3) is 0.333. The molecule has 2 atom stereocenters. The zero-order valence-corrected chi connectivity index (χ0v) is 14.3. The summed E-state index contributed by atoms with van der Waals surface area (Å²) in [5.74, 6) is 1.46. The van der Waals surface area contributed by atoms with Crippen LogP contribution in [-0.2, 0) is 0 Å². The predicted octanol–water partition coefficient (Wildman–Crippen LogP) is 0.868. The van der Waals surface area contributed by atoms with E-state index >= 15 is 0 Å². The molecule has 2 unspecified atom stereocenters. The van der Waals surface area contributed by atoms with Crippen molar-refractivity contribution in [3.63, 3.8) is 0 Å². The molecule has 0 radical (unpaired) electrons. The first-order chi connectivity index (χ1) is 12.5. The number of anilines is 4. The molecule has 0 aromatic heterocycles. The highest BCUT2D eigenvalue weighted by Crippen LogP contribution is 2.30. The van der Waals surface area contributed by atoms with E-state index in [-0.39, 0.29) is 12.6 Å². The van der Waals surface area contributed by atoms with Crippen LogP contribution in [0, 0.1) is 0 Å². The van der Waals surface area contributed by atoms with Gasteiger partial charge in [0.15, 0.2) is 0 Å². The van der Waals surface area contributed by atoms with Crippen LogP contribution in [0.2, 0.25) is 0 Å². The molecule has 2 heterocycles. The Bertz CT molecular complexity index is 750. The number of benzene rings is 2. The first-order valence-corrected chi connectivity index (χ1v) is 8.39. The Hall–Kier alpha value is -2.84. The predicted molar refractivity (Wildman–Crippen MR) is 102 cm³/mol. The lowest BCUT2D eigenvalue weighted by Gasteiger charge is -2.26. The number of nitrogen functional groups attached to an aromatic ring is 2. The number of aliphatic hydroxyl groups excluding tert-OH is 2. The Kier molecular flexibility index (Phi) is 5.55. The summed E-state index contributed by atoms with van der Waals surface area (Å²) in [5, 5.41) is 24.4. The molecule has 0 saturated carbocycles. The first-order valence-electron chi connectivity index (χ1n) is 8.39. The lowest BCUT2D eigenvalue weighted by Crippen LogP contribution is -2.34. The topological polar surface area (TPSA) is 135 Å². The third-order valence-electron chi connectivity index (χ3n) is 3.99. The molecule has 0 aliphatic carbocycles. The number of hydrogen-bond donors (Lipinski definition) is 6. The Morgan fingerprint density at radius 1 is 0.962 bits per heavy atom. The number of β-amino-alcohol motifs (C(OH)–C–C–N with tert-alkyl or cyclic N) is 1. The largest absolute Gasteiger partial charge is 0.489 e. The van der Waals surface area contributed by atoms with E-state index in [1.54, 1.807) is 24.3 Å². The molecule has 26 heavy (non-hydrogen) atoms. The van der Waals surface area contributed by atoms with Crippen LogP contribution in [0.4, 0.5) is 22.7 Å². The summed E-state index contributed by atoms with van der Waals surface area (Å²) in [4.78, 5) is 0. The molecule has 8 nitrogen and oxygen atoms in total. The van der Waals surface area contributed by atoms with Gasteiger partial charge in [-0.1, -0.05) is 0 Å². The lowest BCUT2D eigenvalue weighted by molar-refractivity contribution is 0.122. The Morgan fingerprint density at radius 3 is 2.27 bits per heavy atom. The molecule has 4 rings (SSSR count). The van der Waals surface area contributed by atoms with Crippen molar-refractivity contribution in [1.82, 2.24) is 0 Å². The van der Waals surface area contributed by atoms with Gasteiger partial charge in [0.25, 0.3) is 0 Å². The first kappa shape index (κ1) is 18.0. The summed E-state index contributed by atoms with van der Waals surface area (Å²) >= 11 is 0. The van der Waals surface area contributed by atoms with Crippen molar-refractivity contribution in [3.05, 3.63) is 36.4 Å². The molecule has 140 valence electrons. The molecule has 2 aliphatic rings. The maximum Gasteiger partial charge on any atom is 0.144 e. The van der Waals surface area contributed by atoms with Crippen molar-refractivity contribution in [3.8, 4) is 11.5 Å². The zero-order valence-electron chi connectivity index (χ0n) is 14.3. The van der Waals surface area contributed by atoms with E-state index in [0.29, 0.717) is 36.9 Å². The number of aliphatic hydroxyl groups is 2. The Morgan fingerprint density at radius 2 is 1.58 bits per heavy atom. The molecule has 2 aromatic rings. The van der Waals surface area contributed by atoms with E-state index in [4.69, 9.17) is 26.0 Å². The van der Waals surface area contributed by atoms with E-state index in [0.717, 1.165) is 17.1 Å². The molecule has 0 amide bonds. The second-order valence-corrected chi connectivity index (χ2v) is 6.19. The number of rotatable bonds is 1. The quantitative estimate of drug-likeness (QED) is 0.412. The van der Waals surface area contributed by atoms with Crippen molar-refractivity contribution < 1.29 is 19.7 Å². The average Bonchev–Trinajstić information content (AvgIpc) is 2.83. The van der Waals surface area contributed by atoms with E-state index in [9.17, 15) is 5.11 Å². The van der Waals surface area contributed by atoms with Gasteiger partial charge in [-0.25, -0.2) is 0 Å². The third-order valence-corrected chi connectivity index (χ3v) is 3.99. The smallest absolute Gasteiger partial charge is 0.144 e. The molecule has 0 saturated heterocycles. The highest BCUT2D eigenvalue weighted by molar-refractivity contribution is 5.64. The van der Waals surface area contributed by atoms with Crippen LogP contribution in [0.3, 0.4) is 0 Å². The monoisotopic (exact) mass is 360 g/mol. The molecule has 8 heteroatoms. The maximum absolute atomic E-state index is 9.31. The molecule has 2 aromatic carbocycles. The molecule has 2 aliphatic heterocycles. The van der Waals surface area contributed by atoms with Crippen LogP contribution in [0.1, 0.15) is 0 Å². The SMILES string of the molecule is Nc1ccc2c(c1)OCC(CO)N2.Nc1ccc2c(c1)OCC(O)CN2. The minimum atomic E-state index is -0.464. The minimum Gasteiger partial charge on any atom is -0.489 e. The molecule has 0 bridgehead atoms. The zero-order chi connectivity index (χ0) is 18.5. The second kappa shape index (κ2) is 8.03. The van der Waals surface area contributed by atoms with Gasteiger partial charge in [0.1, 0.15) is 30.8 Å². The minimum absolute atomic E-state index is 0.0175. The van der Waals surface area contributed by atoms with Crippen LogP contribution < -0.4 is 31.6 Å². The molecule has 0 fully saturated rings. The van der Waals surface area contributed by atoms with Gasteiger partial charge in [-0.2, -0.15) is 0 Å². The summed E-state index contributed by atoms with van der Waals surface area (Å²) in [6.45, 7) is 1.37. The standard InChI is InChI=1S/2C9H12N2O2/c10-6-1-2-8-9(3-6)13-5-7(4-12)11-8;10-6-1-2-8-9(3-6)13-5-7(12)4-11-8/h2*1-3,7,11-12H,4-5,10H2. The van der Waals surface area contributed by atoms with Crippen molar-refractivity contribution in [2.45, 2.75) is 12.1 Å². The number of nitrogens with two attached hydrogens (primary N) is 2. The van der Waals surface area contributed by atoms with Crippen molar-refractivity contribution in [2.75, 3.05) is 48.5 Å². The normalized spacial score (nSPS) is 20.4. The maximum atomic E-state index is 9.31. The van der Waals surface area contributed by atoms with Gasteiger partial charge < -0.3 is 41.8 Å². The Labute approximate surface area is 151 Å². The summed E-state index contributed by atoms with van der Waals surface area (Å²) in [6.07, 6.45) is -0.464. The second-order valence-electron chi connectivity index (χ2n) is 6.19. The molecular weight excluding hydrogens is 336 g/mol. The van der Waals surface area contributed by atoms with Gasteiger partial charge in [0.2, 0.25) is 0 Å². The van der Waals surface area contributed by atoms with E-state index in [1.807, 2.05) is 12.1 Å². The fourth-order valence-electron chi connectivity index (χ4n) is 2.60. The number of fused-ring (bicyclic) bond motifs is 2. The number of ether oxygens (including phenoxy) is 2. The van der Waals surface area contributed by atoms with E-state index in [1.165, 1.54) is 0 Å². The summed E-state index contributed by atoms with van der Waals surface area (Å²) in [6, 6.07) is 10.8. The summed E-state index contributed by atoms with van der Waals surface area (Å²) in [7, 11) is 0. The number of hydrogen-bond acceptors (Lipinski definition) is 8. The van der Waals surface area contributed by atoms with Gasteiger partial charge in [0.05, 0.1) is 24.0 Å². The summed E-state index contributed by atoms with van der Waals surface area (Å²) in [5.41, 5.74) is 14.3. The van der Waals surface area contributed by atoms with Gasteiger partial charge in [0, 0.05) is 30.1 Å². The van der Waals surface area contributed by atoms with Crippen LogP contribution in [-0.4, -0.2) is 48.7 Å². The molecule has 8 N–H and O–H groups in total. The highest BCUT2D eigenvalue weighted by Gasteiger charge is 2.17. The molecular formula is C18H24N4O4. The average molecular weight is 360 g/mol. The number of nitrogens with one attached hydrogen (secondary N) is 2. The molecule has 0 spiro atoms. The van der Waals surface area contributed by atoms with Gasteiger partial charge in [-0.3, -0.25) is 0 Å².